The van der Waals surface area contributed by atoms with Crippen LogP contribution in [0.2, 0.25) is 0 Å². The Morgan fingerprint density at radius 3 is 2.43 bits per heavy atom. The number of nitrogens with zero attached hydrogens (tertiary/aromatic N) is 2. The second-order valence-electron chi connectivity index (χ2n) is 8.25. The van der Waals surface area contributed by atoms with Gasteiger partial charge in [-0.3, -0.25) is 9.59 Å². The van der Waals surface area contributed by atoms with Crippen molar-refractivity contribution < 1.29 is 18.2 Å². The highest BCUT2D eigenvalue weighted by Gasteiger charge is 2.31. The van der Waals surface area contributed by atoms with Crippen molar-refractivity contribution in [2.75, 3.05) is 31.1 Å². The molecule has 4 rings (SSSR count). The molecule has 0 aliphatic carbocycles. The Labute approximate surface area is 207 Å². The number of halogens is 1. The molecular weight excluding hydrogens is 465 g/mol. The normalized spacial score (nSPS) is 14.9. The molecule has 35 heavy (non-hydrogen) atoms. The van der Waals surface area contributed by atoms with Crippen LogP contribution in [0.3, 0.4) is 0 Å². The van der Waals surface area contributed by atoms with E-state index in [1.807, 2.05) is 0 Å². The van der Waals surface area contributed by atoms with Crippen molar-refractivity contribution in [3.05, 3.63) is 89.2 Å². The average molecular weight is 494 g/mol. The van der Waals surface area contributed by atoms with Gasteiger partial charge in [-0.25, -0.2) is 8.60 Å². The lowest BCUT2D eigenvalue weighted by Gasteiger charge is -2.24. The van der Waals surface area contributed by atoms with Crippen LogP contribution in [0.4, 0.5) is 10.1 Å². The summed E-state index contributed by atoms with van der Waals surface area (Å²) in [5.41, 5.74) is 1.84. The summed E-state index contributed by atoms with van der Waals surface area (Å²) in [4.78, 5) is 31.1. The molecule has 2 amide bonds. The number of likely N-dealkylation sites (N-methyl/N-ethyl adjacent to an activating group) is 1. The summed E-state index contributed by atoms with van der Waals surface area (Å²) < 4.78 is 27.0. The Morgan fingerprint density at radius 1 is 1.00 bits per heavy atom. The third kappa shape index (κ3) is 5.33. The molecule has 1 atom stereocenters. The highest BCUT2D eigenvalue weighted by atomic mass is 32.2. The minimum absolute atomic E-state index is 0.144. The number of amides is 2. The fraction of sp³-hybridized carbons (Fsp3) is 0.259. The van der Waals surface area contributed by atoms with Gasteiger partial charge in [0.2, 0.25) is 0 Å². The SMILES string of the molecule is CCN(CC)CCNC(=O)c1ccc2c(c1)N(Cc1ccc(F)cc1)C(=O)c1ccccc1[S@]2=O. The number of nitrogens with one attached hydrogen (secondary N) is 1. The van der Waals surface area contributed by atoms with Gasteiger partial charge in [0.05, 0.1) is 38.4 Å². The monoisotopic (exact) mass is 493 g/mol. The van der Waals surface area contributed by atoms with Gasteiger partial charge < -0.3 is 15.1 Å². The first kappa shape index (κ1) is 24.8. The minimum atomic E-state index is -1.61. The number of rotatable bonds is 8. The lowest BCUT2D eigenvalue weighted by molar-refractivity contribution is 0.0945. The molecule has 182 valence electrons. The van der Waals surface area contributed by atoms with Crippen LogP contribution in [0, 0.1) is 5.82 Å². The second-order valence-corrected chi connectivity index (χ2v) is 9.67. The summed E-state index contributed by atoms with van der Waals surface area (Å²) in [6, 6.07) is 17.6. The van der Waals surface area contributed by atoms with Crippen molar-refractivity contribution >= 4 is 28.3 Å². The molecule has 0 spiro atoms. The number of anilines is 1. The zero-order valence-electron chi connectivity index (χ0n) is 19.8. The Hall–Kier alpha value is -3.36. The van der Waals surface area contributed by atoms with E-state index in [0.717, 1.165) is 19.6 Å². The van der Waals surface area contributed by atoms with Crippen molar-refractivity contribution in [2.45, 2.75) is 30.2 Å². The molecule has 3 aromatic rings. The maximum absolute atomic E-state index is 13.6. The van der Waals surface area contributed by atoms with E-state index in [0.29, 0.717) is 38.7 Å². The first-order valence-electron chi connectivity index (χ1n) is 11.6. The lowest BCUT2D eigenvalue weighted by atomic mass is 10.1. The van der Waals surface area contributed by atoms with Gasteiger partial charge in [0.25, 0.3) is 11.8 Å². The van der Waals surface area contributed by atoms with Gasteiger partial charge in [0, 0.05) is 18.7 Å². The standard InChI is InChI=1S/C27H28FN3O3S/c1-3-30(4-2)16-15-29-26(32)20-11-14-25-23(17-20)31(18-19-9-12-21(28)13-10-19)27(33)22-7-5-6-8-24(22)35(25)34/h5-14,17H,3-4,15-16,18H2,1-2H3,(H,29,32)/t35-/m1/s1. The summed E-state index contributed by atoms with van der Waals surface area (Å²) >= 11 is 0. The molecule has 0 unspecified atom stereocenters. The molecule has 1 heterocycles. The topological polar surface area (TPSA) is 69.7 Å². The highest BCUT2D eigenvalue weighted by molar-refractivity contribution is 7.85. The molecule has 1 aliphatic rings. The van der Waals surface area contributed by atoms with Crippen LogP contribution in [0.1, 0.15) is 40.1 Å². The van der Waals surface area contributed by atoms with Gasteiger partial charge in [-0.05, 0) is 61.1 Å². The van der Waals surface area contributed by atoms with Crippen LogP contribution in [-0.2, 0) is 17.3 Å². The molecule has 0 aromatic heterocycles. The fourth-order valence-electron chi connectivity index (χ4n) is 4.10. The van der Waals surface area contributed by atoms with Crippen molar-refractivity contribution in [3.63, 3.8) is 0 Å². The number of fused-ring (bicyclic) bond motifs is 2. The average Bonchev–Trinajstić information content (AvgIpc) is 2.97. The molecule has 8 heteroatoms. The first-order valence-corrected chi connectivity index (χ1v) is 12.8. The molecule has 1 aliphatic heterocycles. The predicted molar refractivity (Wildman–Crippen MR) is 135 cm³/mol. The van der Waals surface area contributed by atoms with Crippen LogP contribution >= 0.6 is 0 Å². The van der Waals surface area contributed by atoms with Crippen molar-refractivity contribution in [1.29, 1.82) is 0 Å². The molecule has 1 N–H and O–H groups in total. The van der Waals surface area contributed by atoms with Crippen LogP contribution < -0.4 is 10.2 Å². The molecule has 6 nitrogen and oxygen atoms in total. The third-order valence-corrected chi connectivity index (χ3v) is 7.64. The zero-order chi connectivity index (χ0) is 24.9. The van der Waals surface area contributed by atoms with E-state index in [2.05, 4.69) is 24.1 Å². The first-order chi connectivity index (χ1) is 16.9. The van der Waals surface area contributed by atoms with Gasteiger partial charge in [0.15, 0.2) is 0 Å². The van der Waals surface area contributed by atoms with Crippen molar-refractivity contribution in [1.82, 2.24) is 10.2 Å². The van der Waals surface area contributed by atoms with E-state index < -0.39 is 10.8 Å². The van der Waals surface area contributed by atoms with E-state index in [9.17, 15) is 18.2 Å². The summed E-state index contributed by atoms with van der Waals surface area (Å²) in [6.45, 7) is 7.32. The minimum Gasteiger partial charge on any atom is -0.351 e. The molecule has 0 fully saturated rings. The number of benzene rings is 3. The van der Waals surface area contributed by atoms with Crippen LogP contribution in [0.5, 0.6) is 0 Å². The van der Waals surface area contributed by atoms with Gasteiger partial charge in [-0.1, -0.05) is 38.1 Å². The largest absolute Gasteiger partial charge is 0.351 e. The smallest absolute Gasteiger partial charge is 0.259 e. The van der Waals surface area contributed by atoms with E-state index in [-0.39, 0.29) is 24.2 Å². The Bertz CT molecular complexity index is 1260. The van der Waals surface area contributed by atoms with Gasteiger partial charge >= 0.3 is 0 Å². The predicted octanol–water partition coefficient (Wildman–Crippen LogP) is 4.22. The maximum Gasteiger partial charge on any atom is 0.259 e. The Morgan fingerprint density at radius 2 is 1.71 bits per heavy atom. The number of hydrogen-bond acceptors (Lipinski definition) is 4. The Kier molecular flexibility index (Phi) is 7.73. The molecule has 0 saturated heterocycles. The van der Waals surface area contributed by atoms with Crippen LogP contribution in [0.15, 0.2) is 76.5 Å². The zero-order valence-corrected chi connectivity index (χ0v) is 20.6. The number of carbonyl (C=O) groups is 2. The van der Waals surface area contributed by atoms with Crippen LogP contribution in [-0.4, -0.2) is 47.1 Å². The molecule has 0 radical (unpaired) electrons. The highest BCUT2D eigenvalue weighted by Crippen LogP contribution is 2.36. The lowest BCUT2D eigenvalue weighted by Crippen LogP contribution is -2.35. The van der Waals surface area contributed by atoms with E-state index in [1.165, 1.54) is 17.0 Å². The van der Waals surface area contributed by atoms with E-state index >= 15 is 0 Å². The van der Waals surface area contributed by atoms with Crippen molar-refractivity contribution in [2.24, 2.45) is 0 Å². The molecule has 0 bridgehead atoms. The molecular formula is C27H28FN3O3S. The number of hydrogen-bond donors (Lipinski definition) is 1. The van der Waals surface area contributed by atoms with Gasteiger partial charge in [0.1, 0.15) is 5.82 Å². The third-order valence-electron chi connectivity index (χ3n) is 6.14. The van der Waals surface area contributed by atoms with E-state index in [1.54, 1.807) is 54.6 Å². The Balaban J connectivity index is 1.70. The molecule has 3 aromatic carbocycles. The van der Waals surface area contributed by atoms with Gasteiger partial charge in [-0.2, -0.15) is 0 Å². The molecule has 0 saturated carbocycles. The second kappa shape index (κ2) is 10.9. The van der Waals surface area contributed by atoms with Gasteiger partial charge in [-0.15, -0.1) is 0 Å². The quantitative estimate of drug-likeness (QED) is 0.510. The fourth-order valence-corrected chi connectivity index (χ4v) is 5.45. The van der Waals surface area contributed by atoms with Crippen LogP contribution in [0.25, 0.3) is 0 Å². The van der Waals surface area contributed by atoms with E-state index in [4.69, 9.17) is 0 Å². The summed E-state index contributed by atoms with van der Waals surface area (Å²) in [5, 5.41) is 2.93. The summed E-state index contributed by atoms with van der Waals surface area (Å²) in [5.74, 6) is -0.954. The number of carbonyl (C=O) groups excluding carboxylic acids is 2. The summed E-state index contributed by atoms with van der Waals surface area (Å²) in [7, 11) is -1.61. The van der Waals surface area contributed by atoms with Crippen molar-refractivity contribution in [3.8, 4) is 0 Å². The maximum atomic E-state index is 13.6. The summed E-state index contributed by atoms with van der Waals surface area (Å²) in [6.07, 6.45) is 0.